The first-order valence-electron chi connectivity index (χ1n) is 7.55. The molecular weight excluding hydrogens is 333 g/mol. The molecule has 7 nitrogen and oxygen atoms in total. The average molecular weight is 349 g/mol. The molecule has 1 aromatic carbocycles. The molecule has 24 heavy (non-hydrogen) atoms. The first-order chi connectivity index (χ1) is 11.4. The van der Waals surface area contributed by atoms with Gasteiger partial charge in [0, 0.05) is 25.3 Å². The lowest BCUT2D eigenvalue weighted by Crippen LogP contribution is -2.58. The summed E-state index contributed by atoms with van der Waals surface area (Å²) in [5.74, 6) is -0.0677. The zero-order chi connectivity index (χ0) is 16.9. The van der Waals surface area contributed by atoms with E-state index in [9.17, 15) is 12.8 Å². The second-order valence-corrected chi connectivity index (χ2v) is 8.01. The number of piperazine rings is 1. The highest BCUT2D eigenvalue weighted by atomic mass is 32.2. The van der Waals surface area contributed by atoms with Crippen LogP contribution in [0.4, 0.5) is 21.7 Å². The Balaban J connectivity index is 1.66. The van der Waals surface area contributed by atoms with Crippen LogP contribution >= 0.6 is 0 Å². The summed E-state index contributed by atoms with van der Waals surface area (Å²) in [5.41, 5.74) is 6.88. The van der Waals surface area contributed by atoms with Gasteiger partial charge in [0.25, 0.3) is 0 Å². The van der Waals surface area contributed by atoms with Gasteiger partial charge in [-0.1, -0.05) is 0 Å². The fourth-order valence-electron chi connectivity index (χ4n) is 3.33. The molecule has 0 bridgehead atoms. The third-order valence-electron chi connectivity index (χ3n) is 4.41. The zero-order valence-electron chi connectivity index (χ0n) is 12.8. The SMILES string of the molecule is Nc1ccc2c(c1)S(=O)(=O)CC1CN(c3ncc(F)cn3)CCN21. The fraction of sp³-hybridized carbons (Fsp3) is 0.333. The summed E-state index contributed by atoms with van der Waals surface area (Å²) in [6.07, 6.45) is 2.23. The molecule has 2 aromatic rings. The second kappa shape index (κ2) is 5.30. The minimum atomic E-state index is -3.40. The fourth-order valence-corrected chi connectivity index (χ4v) is 5.12. The van der Waals surface area contributed by atoms with Crippen molar-refractivity contribution < 1.29 is 12.8 Å². The van der Waals surface area contributed by atoms with E-state index in [0.29, 0.717) is 41.9 Å². The van der Waals surface area contributed by atoms with Gasteiger partial charge in [-0.15, -0.1) is 0 Å². The number of aromatic nitrogens is 2. The van der Waals surface area contributed by atoms with Crippen LogP contribution in [0.2, 0.25) is 0 Å². The van der Waals surface area contributed by atoms with Crippen LogP contribution in [0.15, 0.2) is 35.5 Å². The van der Waals surface area contributed by atoms with Crippen LogP contribution in [0.25, 0.3) is 0 Å². The topological polar surface area (TPSA) is 92.4 Å². The number of sulfone groups is 1. The van der Waals surface area contributed by atoms with Gasteiger partial charge in [-0.3, -0.25) is 0 Å². The van der Waals surface area contributed by atoms with Gasteiger partial charge in [-0.05, 0) is 18.2 Å². The summed E-state index contributed by atoms with van der Waals surface area (Å²) in [5, 5.41) is 0. The summed E-state index contributed by atoms with van der Waals surface area (Å²) >= 11 is 0. The highest BCUT2D eigenvalue weighted by molar-refractivity contribution is 7.91. The van der Waals surface area contributed by atoms with E-state index in [-0.39, 0.29) is 11.8 Å². The molecule has 3 heterocycles. The van der Waals surface area contributed by atoms with E-state index in [0.717, 1.165) is 12.4 Å². The van der Waals surface area contributed by atoms with Crippen molar-refractivity contribution in [1.82, 2.24) is 9.97 Å². The molecule has 1 atom stereocenters. The lowest BCUT2D eigenvalue weighted by Gasteiger charge is -2.45. The summed E-state index contributed by atoms with van der Waals surface area (Å²) < 4.78 is 38.2. The lowest BCUT2D eigenvalue weighted by atomic mass is 10.1. The molecule has 4 rings (SSSR count). The molecule has 1 saturated heterocycles. The van der Waals surface area contributed by atoms with Crippen LogP contribution in [-0.2, 0) is 9.84 Å². The summed E-state index contributed by atoms with van der Waals surface area (Å²) in [4.78, 5) is 12.3. The van der Waals surface area contributed by atoms with Crippen LogP contribution in [0.3, 0.4) is 0 Å². The summed E-state index contributed by atoms with van der Waals surface area (Å²) in [7, 11) is -3.40. The second-order valence-electron chi connectivity index (χ2n) is 6.00. The van der Waals surface area contributed by atoms with E-state index in [4.69, 9.17) is 5.73 Å². The Morgan fingerprint density at radius 1 is 1.21 bits per heavy atom. The van der Waals surface area contributed by atoms with Crippen molar-refractivity contribution in [1.29, 1.82) is 0 Å². The molecule has 2 N–H and O–H groups in total. The highest BCUT2D eigenvalue weighted by Gasteiger charge is 2.39. The van der Waals surface area contributed by atoms with Gasteiger partial charge in [-0.2, -0.15) is 0 Å². The van der Waals surface area contributed by atoms with Crippen molar-refractivity contribution in [3.63, 3.8) is 0 Å². The van der Waals surface area contributed by atoms with Crippen molar-refractivity contribution in [2.75, 3.05) is 40.9 Å². The maximum Gasteiger partial charge on any atom is 0.225 e. The Morgan fingerprint density at radius 2 is 1.96 bits per heavy atom. The van der Waals surface area contributed by atoms with Crippen LogP contribution in [-0.4, -0.2) is 49.8 Å². The number of rotatable bonds is 1. The van der Waals surface area contributed by atoms with E-state index in [1.165, 1.54) is 6.07 Å². The number of nitrogen functional groups attached to an aromatic ring is 1. The smallest absolute Gasteiger partial charge is 0.225 e. The number of hydrogen-bond donors (Lipinski definition) is 1. The Labute approximate surface area is 138 Å². The van der Waals surface area contributed by atoms with Crippen molar-refractivity contribution in [3.05, 3.63) is 36.4 Å². The Kier molecular flexibility index (Phi) is 3.34. The molecule has 0 amide bonds. The van der Waals surface area contributed by atoms with Crippen LogP contribution in [0.5, 0.6) is 0 Å². The maximum absolute atomic E-state index is 13.0. The van der Waals surface area contributed by atoms with Gasteiger partial charge >= 0.3 is 0 Å². The average Bonchev–Trinajstić information content (AvgIpc) is 2.55. The van der Waals surface area contributed by atoms with E-state index >= 15 is 0 Å². The number of halogens is 1. The predicted octanol–water partition coefficient (Wildman–Crippen LogP) is 0.680. The molecule has 1 aromatic heterocycles. The number of fused-ring (bicyclic) bond motifs is 3. The number of anilines is 3. The van der Waals surface area contributed by atoms with E-state index in [1.54, 1.807) is 12.1 Å². The number of benzene rings is 1. The van der Waals surface area contributed by atoms with Crippen molar-refractivity contribution in [2.45, 2.75) is 10.9 Å². The standard InChI is InChI=1S/C15H16FN5O2S/c16-10-6-18-15(19-7-10)20-3-4-21-12(8-20)9-24(22,23)14-5-11(17)1-2-13(14)21/h1-2,5-7,12H,3-4,8-9,17H2. The molecule has 0 spiro atoms. The molecular formula is C15H16FN5O2S. The lowest BCUT2D eigenvalue weighted by molar-refractivity contribution is 0.515. The molecule has 2 aliphatic heterocycles. The van der Waals surface area contributed by atoms with Crippen molar-refractivity contribution in [3.8, 4) is 0 Å². The number of nitrogens with two attached hydrogens (primary N) is 1. The summed E-state index contributed by atoms with van der Waals surface area (Å²) in [6.45, 7) is 1.73. The number of hydrogen-bond acceptors (Lipinski definition) is 7. The molecule has 0 saturated carbocycles. The first-order valence-corrected chi connectivity index (χ1v) is 9.21. The monoisotopic (exact) mass is 349 g/mol. The van der Waals surface area contributed by atoms with Gasteiger partial charge in [0.2, 0.25) is 5.95 Å². The van der Waals surface area contributed by atoms with Gasteiger partial charge < -0.3 is 15.5 Å². The van der Waals surface area contributed by atoms with Crippen molar-refractivity contribution >= 4 is 27.2 Å². The van der Waals surface area contributed by atoms with E-state index < -0.39 is 15.7 Å². The first kappa shape index (κ1) is 15.1. The maximum atomic E-state index is 13.0. The van der Waals surface area contributed by atoms with Crippen LogP contribution < -0.4 is 15.5 Å². The summed E-state index contributed by atoms with van der Waals surface area (Å²) in [6, 6.07) is 4.80. The van der Waals surface area contributed by atoms with Crippen LogP contribution in [0.1, 0.15) is 0 Å². The molecule has 1 fully saturated rings. The van der Waals surface area contributed by atoms with E-state index in [1.807, 2.05) is 4.90 Å². The van der Waals surface area contributed by atoms with Gasteiger partial charge in [0.05, 0.1) is 34.8 Å². The molecule has 2 aliphatic rings. The van der Waals surface area contributed by atoms with Gasteiger partial charge in [0.1, 0.15) is 0 Å². The molecule has 0 aliphatic carbocycles. The largest absolute Gasteiger partial charge is 0.399 e. The highest BCUT2D eigenvalue weighted by Crippen LogP contribution is 2.36. The quantitative estimate of drug-likeness (QED) is 0.757. The Morgan fingerprint density at radius 3 is 2.71 bits per heavy atom. The molecule has 0 radical (unpaired) electrons. The molecule has 126 valence electrons. The third-order valence-corrected chi connectivity index (χ3v) is 6.23. The minimum absolute atomic E-state index is 0.0150. The number of nitrogens with zero attached hydrogens (tertiary/aromatic N) is 4. The normalized spacial score (nSPS) is 22.0. The molecule has 1 unspecified atom stereocenters. The predicted molar refractivity (Wildman–Crippen MR) is 88.2 cm³/mol. The van der Waals surface area contributed by atoms with Gasteiger partial charge in [0.15, 0.2) is 15.7 Å². The Bertz CT molecular complexity index is 887. The van der Waals surface area contributed by atoms with Crippen molar-refractivity contribution in [2.24, 2.45) is 0 Å². The minimum Gasteiger partial charge on any atom is -0.399 e. The van der Waals surface area contributed by atoms with E-state index in [2.05, 4.69) is 14.9 Å². The zero-order valence-corrected chi connectivity index (χ0v) is 13.6. The Hall–Kier alpha value is -2.42. The van der Waals surface area contributed by atoms with Gasteiger partial charge in [-0.25, -0.2) is 22.8 Å². The molecule has 9 heteroatoms. The third kappa shape index (κ3) is 2.44. The van der Waals surface area contributed by atoms with Crippen LogP contribution in [0, 0.1) is 5.82 Å².